The van der Waals surface area contributed by atoms with Crippen LogP contribution in [0, 0.1) is 0 Å². The Bertz CT molecular complexity index is 876. The van der Waals surface area contributed by atoms with Crippen LogP contribution in [0.4, 0.5) is 5.69 Å². The number of fused-ring (bicyclic) bond motifs is 3. The van der Waals surface area contributed by atoms with E-state index in [1.54, 1.807) is 6.92 Å². The van der Waals surface area contributed by atoms with Crippen molar-refractivity contribution in [1.82, 2.24) is 5.32 Å². The minimum absolute atomic E-state index is 0.103. The quantitative estimate of drug-likeness (QED) is 0.842. The topological polar surface area (TPSA) is 41.6 Å². The SMILES string of the molecule is CC(=O)c1ccccc1-c1cc2c3c(c1)[C@@H]1CNCC[C@@H]1N3CCCO2. The fraction of sp³-hybridized carbons (Fsp3) is 0.409. The number of carbonyl (C=O) groups excluding carboxylic acids is 1. The summed E-state index contributed by atoms with van der Waals surface area (Å²) in [6, 6.07) is 12.9. The maximum Gasteiger partial charge on any atom is 0.160 e. The van der Waals surface area contributed by atoms with E-state index in [1.807, 2.05) is 24.3 Å². The van der Waals surface area contributed by atoms with Gasteiger partial charge in [0.15, 0.2) is 5.78 Å². The Morgan fingerprint density at radius 3 is 3.04 bits per heavy atom. The maximum atomic E-state index is 12.1. The predicted octanol–water partition coefficient (Wildman–Crippen LogP) is 3.60. The molecule has 5 rings (SSSR count). The lowest BCUT2D eigenvalue weighted by Gasteiger charge is -2.33. The summed E-state index contributed by atoms with van der Waals surface area (Å²) < 4.78 is 6.16. The number of ketones is 1. The Balaban J connectivity index is 1.70. The summed E-state index contributed by atoms with van der Waals surface area (Å²) in [7, 11) is 0. The first-order chi connectivity index (χ1) is 12.7. The van der Waals surface area contributed by atoms with Gasteiger partial charge in [0.05, 0.1) is 12.3 Å². The Morgan fingerprint density at radius 1 is 1.27 bits per heavy atom. The Hall–Kier alpha value is -2.33. The van der Waals surface area contributed by atoms with Crippen LogP contribution in [0.15, 0.2) is 36.4 Å². The average molecular weight is 348 g/mol. The number of ether oxygens (including phenoxy) is 1. The highest BCUT2D eigenvalue weighted by Crippen LogP contribution is 2.51. The molecular weight excluding hydrogens is 324 g/mol. The molecule has 1 saturated heterocycles. The number of piperidine rings is 1. The van der Waals surface area contributed by atoms with E-state index in [-0.39, 0.29) is 5.78 Å². The number of anilines is 1. The number of hydrogen-bond donors (Lipinski definition) is 1. The highest BCUT2D eigenvalue weighted by atomic mass is 16.5. The molecule has 3 heterocycles. The molecule has 2 atom stereocenters. The zero-order valence-electron chi connectivity index (χ0n) is 15.1. The molecule has 3 aliphatic rings. The fourth-order valence-corrected chi connectivity index (χ4v) is 4.92. The van der Waals surface area contributed by atoms with Crippen molar-refractivity contribution < 1.29 is 9.53 Å². The summed E-state index contributed by atoms with van der Waals surface area (Å²) in [5.41, 5.74) is 5.56. The number of rotatable bonds is 2. The van der Waals surface area contributed by atoms with E-state index in [4.69, 9.17) is 4.74 Å². The molecule has 3 aliphatic heterocycles. The highest BCUT2D eigenvalue weighted by molar-refractivity contribution is 6.01. The van der Waals surface area contributed by atoms with Gasteiger partial charge >= 0.3 is 0 Å². The Labute approximate surface area is 154 Å². The van der Waals surface area contributed by atoms with Gasteiger partial charge in [0.1, 0.15) is 5.75 Å². The summed E-state index contributed by atoms with van der Waals surface area (Å²) in [5.74, 6) is 1.60. The lowest BCUT2D eigenvalue weighted by molar-refractivity contribution is 0.101. The first-order valence-corrected chi connectivity index (χ1v) is 9.62. The van der Waals surface area contributed by atoms with Gasteiger partial charge in [-0.05, 0) is 55.1 Å². The lowest BCUT2D eigenvalue weighted by Crippen LogP contribution is -2.44. The molecule has 134 valence electrons. The van der Waals surface area contributed by atoms with Gasteiger partial charge in [-0.1, -0.05) is 24.3 Å². The molecule has 0 radical (unpaired) electrons. The highest BCUT2D eigenvalue weighted by Gasteiger charge is 2.42. The molecule has 0 aromatic heterocycles. The van der Waals surface area contributed by atoms with Crippen molar-refractivity contribution in [3.8, 4) is 16.9 Å². The van der Waals surface area contributed by atoms with Gasteiger partial charge in [-0.3, -0.25) is 4.79 Å². The molecular formula is C22H24N2O2. The van der Waals surface area contributed by atoms with Crippen molar-refractivity contribution in [2.45, 2.75) is 31.7 Å². The van der Waals surface area contributed by atoms with Gasteiger partial charge in [-0.2, -0.15) is 0 Å². The van der Waals surface area contributed by atoms with Gasteiger partial charge in [0.25, 0.3) is 0 Å². The molecule has 4 nitrogen and oxygen atoms in total. The molecule has 4 heteroatoms. The summed E-state index contributed by atoms with van der Waals surface area (Å²) in [6.45, 7) is 5.58. The standard InChI is InChI=1S/C22H24N2O2/c1-14(25)16-5-2-3-6-17(16)15-11-18-19-13-23-8-7-20(19)24-9-4-10-26-21(12-15)22(18)24/h2-3,5-6,11-12,19-20,23H,4,7-10,13H2,1H3/t19-,20-/m0/s1. The van der Waals surface area contributed by atoms with E-state index in [9.17, 15) is 4.79 Å². The number of hydrogen-bond acceptors (Lipinski definition) is 4. The lowest BCUT2D eigenvalue weighted by atomic mass is 9.87. The minimum Gasteiger partial charge on any atom is -0.491 e. The third-order valence-electron chi connectivity index (χ3n) is 6.06. The van der Waals surface area contributed by atoms with E-state index in [0.29, 0.717) is 12.0 Å². The number of Topliss-reactive ketones (excluding diaryl/α,β-unsaturated/α-hetero) is 1. The van der Waals surface area contributed by atoms with Crippen LogP contribution in [0.3, 0.4) is 0 Å². The summed E-state index contributed by atoms with van der Waals surface area (Å²) >= 11 is 0. The maximum absolute atomic E-state index is 12.1. The molecule has 2 aromatic rings. The molecule has 0 aliphatic carbocycles. The molecule has 0 spiro atoms. The van der Waals surface area contributed by atoms with Crippen molar-refractivity contribution >= 4 is 11.5 Å². The third-order valence-corrected chi connectivity index (χ3v) is 6.06. The zero-order chi connectivity index (χ0) is 17.7. The van der Waals surface area contributed by atoms with Crippen LogP contribution in [-0.2, 0) is 0 Å². The van der Waals surface area contributed by atoms with Gasteiger partial charge in [0.2, 0.25) is 0 Å². The van der Waals surface area contributed by atoms with Gasteiger partial charge in [-0.15, -0.1) is 0 Å². The van der Waals surface area contributed by atoms with Crippen LogP contribution in [-0.4, -0.2) is 38.1 Å². The molecule has 1 N–H and O–H groups in total. The molecule has 1 fully saturated rings. The predicted molar refractivity (Wildman–Crippen MR) is 103 cm³/mol. The first kappa shape index (κ1) is 15.9. The number of nitrogens with zero attached hydrogens (tertiary/aromatic N) is 1. The van der Waals surface area contributed by atoms with Gasteiger partial charge < -0.3 is 15.0 Å². The first-order valence-electron chi connectivity index (χ1n) is 9.62. The zero-order valence-corrected chi connectivity index (χ0v) is 15.1. The summed E-state index contributed by atoms with van der Waals surface area (Å²) in [4.78, 5) is 14.7. The van der Waals surface area contributed by atoms with Crippen molar-refractivity contribution in [1.29, 1.82) is 0 Å². The van der Waals surface area contributed by atoms with Crippen LogP contribution in [0.25, 0.3) is 11.1 Å². The molecule has 26 heavy (non-hydrogen) atoms. The van der Waals surface area contributed by atoms with Gasteiger partial charge in [-0.25, -0.2) is 0 Å². The summed E-state index contributed by atoms with van der Waals surface area (Å²) in [5, 5.41) is 3.56. The minimum atomic E-state index is 0.103. The molecule has 2 aromatic carbocycles. The molecule has 0 amide bonds. The normalized spacial score (nSPS) is 23.7. The van der Waals surface area contributed by atoms with E-state index >= 15 is 0 Å². The van der Waals surface area contributed by atoms with Crippen LogP contribution < -0.4 is 15.0 Å². The smallest absolute Gasteiger partial charge is 0.160 e. The van der Waals surface area contributed by atoms with Crippen LogP contribution in [0.1, 0.15) is 41.6 Å². The average Bonchev–Trinajstić information content (AvgIpc) is 2.83. The largest absolute Gasteiger partial charge is 0.491 e. The molecule has 0 saturated carbocycles. The third kappa shape index (κ3) is 2.36. The Morgan fingerprint density at radius 2 is 2.15 bits per heavy atom. The van der Waals surface area contributed by atoms with Gasteiger partial charge in [0, 0.05) is 30.6 Å². The van der Waals surface area contributed by atoms with E-state index in [0.717, 1.165) is 55.1 Å². The van der Waals surface area contributed by atoms with Crippen molar-refractivity contribution in [3.05, 3.63) is 47.5 Å². The molecule has 0 unspecified atom stereocenters. The monoisotopic (exact) mass is 348 g/mol. The van der Waals surface area contributed by atoms with Crippen LogP contribution in [0.5, 0.6) is 5.75 Å². The van der Waals surface area contributed by atoms with E-state index in [1.165, 1.54) is 17.7 Å². The second kappa shape index (κ2) is 6.13. The van der Waals surface area contributed by atoms with Crippen molar-refractivity contribution in [2.75, 3.05) is 31.1 Å². The number of benzene rings is 2. The van der Waals surface area contributed by atoms with Crippen molar-refractivity contribution in [3.63, 3.8) is 0 Å². The van der Waals surface area contributed by atoms with Crippen molar-refractivity contribution in [2.24, 2.45) is 0 Å². The Kier molecular flexibility index (Phi) is 3.75. The second-order valence-corrected chi connectivity index (χ2v) is 7.58. The molecule has 0 bridgehead atoms. The van der Waals surface area contributed by atoms with E-state index < -0.39 is 0 Å². The number of carbonyl (C=O) groups is 1. The fourth-order valence-electron chi connectivity index (χ4n) is 4.92. The summed E-state index contributed by atoms with van der Waals surface area (Å²) in [6.07, 6.45) is 2.24. The van der Waals surface area contributed by atoms with Crippen LogP contribution in [0.2, 0.25) is 0 Å². The number of nitrogens with one attached hydrogen (secondary N) is 1. The second-order valence-electron chi connectivity index (χ2n) is 7.58. The van der Waals surface area contributed by atoms with E-state index in [2.05, 4.69) is 22.3 Å². The van der Waals surface area contributed by atoms with Crippen LogP contribution >= 0.6 is 0 Å².